The second kappa shape index (κ2) is 4.71. The Labute approximate surface area is 114 Å². The standard InChI is InChI=1S/C14H21ClN2O/c1-13(2)9-17(10-14(3,4)18-13)12-5-6-16-11(7-12)8-15/h5-7H,8-10H2,1-4H3. The highest BCUT2D eigenvalue weighted by Crippen LogP contribution is 2.31. The van der Waals surface area contributed by atoms with Crippen molar-refractivity contribution in [3.05, 3.63) is 24.0 Å². The first-order valence-corrected chi connectivity index (χ1v) is 6.81. The molecule has 0 N–H and O–H groups in total. The number of rotatable bonds is 2. The van der Waals surface area contributed by atoms with Gasteiger partial charge in [-0.05, 0) is 39.8 Å². The molecular weight excluding hydrogens is 248 g/mol. The number of hydrogen-bond donors (Lipinski definition) is 0. The average molecular weight is 269 g/mol. The molecule has 1 aliphatic heterocycles. The van der Waals surface area contributed by atoms with Crippen LogP contribution in [-0.4, -0.2) is 29.3 Å². The summed E-state index contributed by atoms with van der Waals surface area (Å²) >= 11 is 5.84. The molecule has 1 fully saturated rings. The third-order valence-electron chi connectivity index (χ3n) is 3.00. The lowest BCUT2D eigenvalue weighted by Crippen LogP contribution is -2.57. The monoisotopic (exact) mass is 268 g/mol. The van der Waals surface area contributed by atoms with Crippen LogP contribution in [-0.2, 0) is 10.6 Å². The highest BCUT2D eigenvalue weighted by atomic mass is 35.5. The number of nitrogens with zero attached hydrogens (tertiary/aromatic N) is 2. The third-order valence-corrected chi connectivity index (χ3v) is 3.27. The van der Waals surface area contributed by atoms with Gasteiger partial charge in [0, 0.05) is 25.0 Å². The molecule has 0 atom stereocenters. The van der Waals surface area contributed by atoms with Gasteiger partial charge in [-0.25, -0.2) is 0 Å². The van der Waals surface area contributed by atoms with E-state index in [9.17, 15) is 0 Å². The maximum Gasteiger partial charge on any atom is 0.0808 e. The van der Waals surface area contributed by atoms with Crippen molar-refractivity contribution in [2.24, 2.45) is 0 Å². The molecule has 0 radical (unpaired) electrons. The van der Waals surface area contributed by atoms with E-state index < -0.39 is 0 Å². The molecule has 4 heteroatoms. The molecule has 2 heterocycles. The predicted octanol–water partition coefficient (Wildman–Crippen LogP) is 3.21. The maximum absolute atomic E-state index is 6.09. The molecule has 0 unspecified atom stereocenters. The lowest BCUT2D eigenvalue weighted by molar-refractivity contribution is -0.133. The minimum Gasteiger partial charge on any atom is -0.366 e. The molecule has 1 aliphatic rings. The molecule has 0 amide bonds. The number of alkyl halides is 1. The first-order chi connectivity index (χ1) is 8.31. The van der Waals surface area contributed by atoms with Gasteiger partial charge in [0.05, 0.1) is 22.8 Å². The Balaban J connectivity index is 2.26. The zero-order valence-electron chi connectivity index (χ0n) is 11.5. The fraction of sp³-hybridized carbons (Fsp3) is 0.643. The fourth-order valence-electron chi connectivity index (χ4n) is 2.71. The number of morpholine rings is 1. The largest absolute Gasteiger partial charge is 0.366 e. The third kappa shape index (κ3) is 3.15. The molecule has 0 spiro atoms. The molecule has 0 saturated carbocycles. The van der Waals surface area contributed by atoms with Gasteiger partial charge in [-0.15, -0.1) is 11.6 Å². The van der Waals surface area contributed by atoms with Crippen LogP contribution in [0.25, 0.3) is 0 Å². The van der Waals surface area contributed by atoms with E-state index in [1.807, 2.05) is 12.3 Å². The Bertz CT molecular complexity index is 416. The van der Waals surface area contributed by atoms with E-state index in [-0.39, 0.29) is 11.2 Å². The van der Waals surface area contributed by atoms with Gasteiger partial charge in [-0.1, -0.05) is 0 Å². The molecule has 1 aromatic rings. The van der Waals surface area contributed by atoms with Crippen LogP contribution in [0.15, 0.2) is 18.3 Å². The lowest BCUT2D eigenvalue weighted by atomic mass is 9.98. The minimum atomic E-state index is -0.147. The molecular formula is C14H21ClN2O. The van der Waals surface area contributed by atoms with E-state index in [0.29, 0.717) is 5.88 Å². The van der Waals surface area contributed by atoms with Crippen LogP contribution >= 0.6 is 11.6 Å². The summed E-state index contributed by atoms with van der Waals surface area (Å²) in [6.45, 7) is 10.3. The summed E-state index contributed by atoms with van der Waals surface area (Å²) in [4.78, 5) is 6.58. The minimum absolute atomic E-state index is 0.147. The first-order valence-electron chi connectivity index (χ1n) is 6.27. The number of pyridine rings is 1. The second-order valence-corrected chi connectivity index (χ2v) is 6.38. The summed E-state index contributed by atoms with van der Waals surface area (Å²) in [5.41, 5.74) is 1.79. The Morgan fingerprint density at radius 3 is 2.44 bits per heavy atom. The molecule has 18 heavy (non-hydrogen) atoms. The summed E-state index contributed by atoms with van der Waals surface area (Å²) in [7, 11) is 0. The molecule has 3 nitrogen and oxygen atoms in total. The molecule has 0 aromatic carbocycles. The summed E-state index contributed by atoms with van der Waals surface area (Å²) in [5, 5.41) is 0. The Morgan fingerprint density at radius 2 is 1.89 bits per heavy atom. The predicted molar refractivity (Wildman–Crippen MR) is 75.3 cm³/mol. The van der Waals surface area contributed by atoms with Gasteiger partial charge < -0.3 is 9.64 Å². The van der Waals surface area contributed by atoms with Crippen LogP contribution in [0.3, 0.4) is 0 Å². The van der Waals surface area contributed by atoms with Gasteiger partial charge in [0.1, 0.15) is 0 Å². The first kappa shape index (κ1) is 13.6. The molecule has 1 saturated heterocycles. The van der Waals surface area contributed by atoms with Crippen LogP contribution in [0.2, 0.25) is 0 Å². The van der Waals surface area contributed by atoms with Crippen molar-refractivity contribution in [3.63, 3.8) is 0 Å². The highest BCUT2D eigenvalue weighted by molar-refractivity contribution is 6.16. The Kier molecular flexibility index (Phi) is 3.56. The summed E-state index contributed by atoms with van der Waals surface area (Å²) < 4.78 is 6.09. The van der Waals surface area contributed by atoms with E-state index in [0.717, 1.165) is 18.8 Å². The summed E-state index contributed by atoms with van der Waals surface area (Å²) in [6.07, 6.45) is 1.82. The molecule has 1 aromatic heterocycles. The average Bonchev–Trinajstić information content (AvgIpc) is 2.25. The maximum atomic E-state index is 6.09. The van der Waals surface area contributed by atoms with E-state index in [1.165, 1.54) is 5.69 Å². The van der Waals surface area contributed by atoms with Crippen molar-refractivity contribution in [2.75, 3.05) is 18.0 Å². The van der Waals surface area contributed by atoms with Gasteiger partial charge in [-0.3, -0.25) is 4.98 Å². The van der Waals surface area contributed by atoms with Crippen LogP contribution in [0.1, 0.15) is 33.4 Å². The van der Waals surface area contributed by atoms with Crippen LogP contribution < -0.4 is 4.90 Å². The van der Waals surface area contributed by atoms with E-state index in [2.05, 4.69) is 43.6 Å². The van der Waals surface area contributed by atoms with Crippen LogP contribution in [0.4, 0.5) is 5.69 Å². The number of ether oxygens (including phenoxy) is 1. The fourth-order valence-corrected chi connectivity index (χ4v) is 2.85. The van der Waals surface area contributed by atoms with E-state index in [1.54, 1.807) is 0 Å². The SMILES string of the molecule is CC1(C)CN(c2ccnc(CCl)c2)CC(C)(C)O1. The van der Waals surface area contributed by atoms with Crippen LogP contribution in [0.5, 0.6) is 0 Å². The topological polar surface area (TPSA) is 25.4 Å². The number of aromatic nitrogens is 1. The van der Waals surface area contributed by atoms with Crippen LogP contribution in [0, 0.1) is 0 Å². The normalized spacial score (nSPS) is 21.9. The smallest absolute Gasteiger partial charge is 0.0808 e. The van der Waals surface area contributed by atoms with Gasteiger partial charge in [0.25, 0.3) is 0 Å². The van der Waals surface area contributed by atoms with Crippen molar-refractivity contribution >= 4 is 17.3 Å². The Morgan fingerprint density at radius 1 is 1.28 bits per heavy atom. The molecule has 2 rings (SSSR count). The van der Waals surface area contributed by atoms with Crippen molar-refractivity contribution in [1.82, 2.24) is 4.98 Å². The highest BCUT2D eigenvalue weighted by Gasteiger charge is 2.38. The van der Waals surface area contributed by atoms with E-state index in [4.69, 9.17) is 16.3 Å². The lowest BCUT2D eigenvalue weighted by Gasteiger charge is -2.48. The molecule has 0 aliphatic carbocycles. The zero-order chi connectivity index (χ0) is 13.4. The number of anilines is 1. The zero-order valence-corrected chi connectivity index (χ0v) is 12.3. The van der Waals surface area contributed by atoms with Gasteiger partial charge in [-0.2, -0.15) is 0 Å². The quantitative estimate of drug-likeness (QED) is 0.770. The molecule has 0 bridgehead atoms. The van der Waals surface area contributed by atoms with E-state index >= 15 is 0 Å². The number of hydrogen-bond acceptors (Lipinski definition) is 3. The number of halogens is 1. The van der Waals surface area contributed by atoms with Crippen molar-refractivity contribution < 1.29 is 4.74 Å². The van der Waals surface area contributed by atoms with Gasteiger partial charge in [0.15, 0.2) is 0 Å². The van der Waals surface area contributed by atoms with Crippen molar-refractivity contribution in [2.45, 2.75) is 44.8 Å². The Hall–Kier alpha value is -0.800. The van der Waals surface area contributed by atoms with Crippen molar-refractivity contribution in [1.29, 1.82) is 0 Å². The molecule has 100 valence electrons. The second-order valence-electron chi connectivity index (χ2n) is 6.12. The summed E-state index contributed by atoms with van der Waals surface area (Å²) in [5.74, 6) is 0.449. The van der Waals surface area contributed by atoms with Crippen molar-refractivity contribution in [3.8, 4) is 0 Å². The van der Waals surface area contributed by atoms with Gasteiger partial charge in [0.2, 0.25) is 0 Å². The summed E-state index contributed by atoms with van der Waals surface area (Å²) in [6, 6.07) is 4.10. The van der Waals surface area contributed by atoms with Gasteiger partial charge >= 0.3 is 0 Å².